The standard InChI is InChI=1S/C23H30N4O3S.HI/c1-24-22(25-15-16-26-31(28,29)18-9-3-2-4-10-18)27-20-17-23(13-7-8-14-23)30-21-12-6-5-11-19(20)21;/h2-6,9-12,20,26H,7-8,13-17H2,1H3,(H2,24,25,27);1H. The highest BCUT2D eigenvalue weighted by Gasteiger charge is 2.43. The molecule has 1 spiro atoms. The molecule has 3 N–H and O–H groups in total. The van der Waals surface area contributed by atoms with Crippen LogP contribution >= 0.6 is 24.0 Å². The van der Waals surface area contributed by atoms with Gasteiger partial charge in [0.1, 0.15) is 11.4 Å². The van der Waals surface area contributed by atoms with Gasteiger partial charge in [-0.15, -0.1) is 24.0 Å². The maximum atomic E-state index is 12.3. The number of aliphatic imine (C=N–C) groups is 1. The molecule has 2 aromatic carbocycles. The van der Waals surface area contributed by atoms with Crippen molar-refractivity contribution < 1.29 is 13.2 Å². The Balaban J connectivity index is 0.00000289. The fraction of sp³-hybridized carbons (Fsp3) is 0.435. The highest BCUT2D eigenvalue weighted by molar-refractivity contribution is 14.0. The predicted octanol–water partition coefficient (Wildman–Crippen LogP) is 3.58. The third-order valence-corrected chi connectivity index (χ3v) is 7.49. The first kappa shape index (κ1) is 24.8. The molecule has 7 nitrogen and oxygen atoms in total. The Hall–Kier alpha value is -1.85. The predicted molar refractivity (Wildman–Crippen MR) is 137 cm³/mol. The maximum Gasteiger partial charge on any atom is 0.240 e. The summed E-state index contributed by atoms with van der Waals surface area (Å²) in [6.07, 6.45) is 5.44. The molecular weight excluding hydrogens is 539 g/mol. The number of fused-ring (bicyclic) bond motifs is 1. The van der Waals surface area contributed by atoms with E-state index in [0.717, 1.165) is 30.6 Å². The van der Waals surface area contributed by atoms with Gasteiger partial charge < -0.3 is 15.4 Å². The first-order valence-electron chi connectivity index (χ1n) is 10.8. The quantitative estimate of drug-likeness (QED) is 0.214. The summed E-state index contributed by atoms with van der Waals surface area (Å²) in [6, 6.07) is 16.6. The molecular formula is C23H31IN4O3S. The molecule has 0 bridgehead atoms. The third kappa shape index (κ3) is 5.74. The van der Waals surface area contributed by atoms with Crippen molar-refractivity contribution in [2.24, 2.45) is 4.99 Å². The number of hydrogen-bond donors (Lipinski definition) is 3. The van der Waals surface area contributed by atoms with E-state index in [0.29, 0.717) is 12.5 Å². The molecule has 2 aromatic rings. The van der Waals surface area contributed by atoms with Crippen LogP contribution in [0.3, 0.4) is 0 Å². The lowest BCUT2D eigenvalue weighted by Gasteiger charge is -2.40. The van der Waals surface area contributed by atoms with E-state index in [-0.39, 0.29) is 47.1 Å². The number of nitrogens with zero attached hydrogens (tertiary/aromatic N) is 1. The van der Waals surface area contributed by atoms with Crippen LogP contribution in [-0.2, 0) is 10.0 Å². The minimum absolute atomic E-state index is 0. The van der Waals surface area contributed by atoms with E-state index in [2.05, 4.69) is 26.4 Å². The monoisotopic (exact) mass is 570 g/mol. The number of para-hydroxylation sites is 1. The minimum Gasteiger partial charge on any atom is -0.487 e. The summed E-state index contributed by atoms with van der Waals surface area (Å²) in [4.78, 5) is 4.60. The third-order valence-electron chi connectivity index (χ3n) is 6.01. The Kier molecular flexibility index (Phi) is 8.40. The molecule has 174 valence electrons. The smallest absolute Gasteiger partial charge is 0.240 e. The minimum atomic E-state index is -3.51. The van der Waals surface area contributed by atoms with Crippen LogP contribution in [0.15, 0.2) is 64.5 Å². The van der Waals surface area contributed by atoms with Gasteiger partial charge in [0.25, 0.3) is 0 Å². The summed E-state index contributed by atoms with van der Waals surface area (Å²) in [6.45, 7) is 0.675. The number of hydrogen-bond acceptors (Lipinski definition) is 4. The molecule has 0 aromatic heterocycles. The Morgan fingerprint density at radius 1 is 1.06 bits per heavy atom. The average molecular weight is 570 g/mol. The fourth-order valence-corrected chi connectivity index (χ4v) is 5.53. The summed E-state index contributed by atoms with van der Waals surface area (Å²) in [5, 5.41) is 6.75. The Morgan fingerprint density at radius 3 is 2.47 bits per heavy atom. The number of nitrogens with one attached hydrogen (secondary N) is 3. The van der Waals surface area contributed by atoms with Gasteiger partial charge >= 0.3 is 0 Å². The zero-order valence-electron chi connectivity index (χ0n) is 18.2. The van der Waals surface area contributed by atoms with Crippen LogP contribution in [0.5, 0.6) is 5.75 Å². The number of halogens is 1. The van der Waals surface area contributed by atoms with Crippen molar-refractivity contribution in [2.75, 3.05) is 20.1 Å². The Bertz CT molecular complexity index is 1020. The summed E-state index contributed by atoms with van der Waals surface area (Å²) in [5.74, 6) is 1.59. The van der Waals surface area contributed by atoms with Crippen molar-refractivity contribution in [2.45, 2.75) is 48.6 Å². The molecule has 32 heavy (non-hydrogen) atoms. The van der Waals surface area contributed by atoms with E-state index in [4.69, 9.17) is 4.74 Å². The van der Waals surface area contributed by atoms with Crippen molar-refractivity contribution in [3.63, 3.8) is 0 Å². The molecule has 1 atom stereocenters. The lowest BCUT2D eigenvalue weighted by Crippen LogP contribution is -2.47. The molecule has 1 aliphatic carbocycles. The second-order valence-corrected chi connectivity index (χ2v) is 9.91. The molecule has 1 heterocycles. The SMILES string of the molecule is CN=C(NCCNS(=O)(=O)c1ccccc1)NC1CC2(CCCC2)Oc2ccccc21.I. The van der Waals surface area contributed by atoms with E-state index < -0.39 is 10.0 Å². The maximum absolute atomic E-state index is 12.3. The summed E-state index contributed by atoms with van der Waals surface area (Å²) < 4.78 is 33.7. The van der Waals surface area contributed by atoms with Crippen LogP contribution in [0.1, 0.15) is 43.7 Å². The summed E-state index contributed by atoms with van der Waals surface area (Å²) in [5.41, 5.74) is 1.03. The molecule has 0 saturated heterocycles. The number of ether oxygens (including phenoxy) is 1. The van der Waals surface area contributed by atoms with Gasteiger partial charge in [-0.1, -0.05) is 36.4 Å². The molecule has 0 radical (unpaired) electrons. The molecule has 1 saturated carbocycles. The van der Waals surface area contributed by atoms with Gasteiger partial charge in [0, 0.05) is 32.1 Å². The number of guanidine groups is 1. The van der Waals surface area contributed by atoms with Crippen molar-refractivity contribution in [3.05, 3.63) is 60.2 Å². The van der Waals surface area contributed by atoms with Gasteiger partial charge in [0.2, 0.25) is 10.0 Å². The lowest BCUT2D eigenvalue weighted by atomic mass is 9.86. The van der Waals surface area contributed by atoms with E-state index >= 15 is 0 Å². The van der Waals surface area contributed by atoms with Crippen LogP contribution in [-0.4, -0.2) is 40.1 Å². The molecule has 1 unspecified atom stereocenters. The molecule has 1 aliphatic heterocycles. The van der Waals surface area contributed by atoms with Gasteiger partial charge in [-0.25, -0.2) is 13.1 Å². The summed E-state index contributed by atoms with van der Waals surface area (Å²) >= 11 is 0. The number of sulfonamides is 1. The van der Waals surface area contributed by atoms with Crippen LogP contribution in [0.2, 0.25) is 0 Å². The van der Waals surface area contributed by atoms with Crippen LogP contribution in [0, 0.1) is 0 Å². The van der Waals surface area contributed by atoms with Crippen molar-refractivity contribution in [1.82, 2.24) is 15.4 Å². The van der Waals surface area contributed by atoms with E-state index in [1.165, 1.54) is 12.8 Å². The van der Waals surface area contributed by atoms with Crippen LogP contribution in [0.25, 0.3) is 0 Å². The van der Waals surface area contributed by atoms with Gasteiger partial charge in [0.05, 0.1) is 10.9 Å². The highest BCUT2D eigenvalue weighted by atomic mass is 127. The topological polar surface area (TPSA) is 91.8 Å². The average Bonchev–Trinajstić information content (AvgIpc) is 3.23. The first-order valence-corrected chi connectivity index (χ1v) is 12.3. The van der Waals surface area contributed by atoms with Gasteiger partial charge in [-0.2, -0.15) is 0 Å². The molecule has 9 heteroatoms. The van der Waals surface area contributed by atoms with Gasteiger partial charge in [0.15, 0.2) is 5.96 Å². The molecule has 0 amide bonds. The fourth-order valence-electron chi connectivity index (χ4n) is 4.48. The van der Waals surface area contributed by atoms with Crippen LogP contribution < -0.4 is 20.1 Å². The van der Waals surface area contributed by atoms with Crippen molar-refractivity contribution in [3.8, 4) is 5.75 Å². The zero-order valence-corrected chi connectivity index (χ0v) is 21.4. The first-order chi connectivity index (χ1) is 15.0. The van der Waals surface area contributed by atoms with Gasteiger partial charge in [-0.3, -0.25) is 4.99 Å². The summed E-state index contributed by atoms with van der Waals surface area (Å²) in [7, 11) is -1.79. The van der Waals surface area contributed by atoms with Crippen molar-refractivity contribution >= 4 is 40.0 Å². The Morgan fingerprint density at radius 2 is 1.75 bits per heavy atom. The normalized spacial score (nSPS) is 19.5. The zero-order chi connectivity index (χ0) is 21.7. The largest absolute Gasteiger partial charge is 0.487 e. The number of benzene rings is 2. The Labute approximate surface area is 207 Å². The molecule has 4 rings (SSSR count). The van der Waals surface area contributed by atoms with Crippen molar-refractivity contribution in [1.29, 1.82) is 0 Å². The van der Waals surface area contributed by atoms with E-state index in [1.807, 2.05) is 18.2 Å². The second kappa shape index (κ2) is 10.8. The molecule has 1 fully saturated rings. The lowest BCUT2D eigenvalue weighted by molar-refractivity contribution is 0.0396. The second-order valence-electron chi connectivity index (χ2n) is 8.14. The number of rotatable bonds is 6. The van der Waals surface area contributed by atoms with Crippen LogP contribution in [0.4, 0.5) is 0 Å². The molecule has 2 aliphatic rings. The van der Waals surface area contributed by atoms with E-state index in [9.17, 15) is 8.42 Å². The van der Waals surface area contributed by atoms with Gasteiger partial charge in [-0.05, 0) is 43.9 Å². The van der Waals surface area contributed by atoms with E-state index in [1.54, 1.807) is 37.4 Å². The highest BCUT2D eigenvalue weighted by Crippen LogP contribution is 2.46.